The average Bonchev–Trinajstić information content (AvgIpc) is 2.41. The number of hydrogen-bond acceptors (Lipinski definition) is 6. The number of ether oxygens (including phenoxy) is 1. The molecule has 1 unspecified atom stereocenters. The van der Waals surface area contributed by atoms with E-state index in [1.54, 1.807) is 0 Å². The first kappa shape index (κ1) is 17.7. The molecule has 0 aliphatic rings. The van der Waals surface area contributed by atoms with Gasteiger partial charge in [0.2, 0.25) is 0 Å². The Hall–Kier alpha value is -1.40. The van der Waals surface area contributed by atoms with Gasteiger partial charge >= 0.3 is 0 Å². The van der Waals surface area contributed by atoms with Crippen molar-refractivity contribution in [1.82, 2.24) is 9.97 Å². The van der Waals surface area contributed by atoms with Crippen molar-refractivity contribution in [3.8, 4) is 0 Å². The molecule has 0 spiro atoms. The van der Waals surface area contributed by atoms with Crippen molar-refractivity contribution in [3.05, 3.63) is 11.9 Å². The highest BCUT2D eigenvalue weighted by Gasteiger charge is 2.16. The van der Waals surface area contributed by atoms with Crippen LogP contribution in [0.3, 0.4) is 0 Å². The maximum Gasteiger partial charge on any atom is 0.158 e. The van der Waals surface area contributed by atoms with Crippen LogP contribution in [0.1, 0.15) is 39.9 Å². The van der Waals surface area contributed by atoms with Crippen LogP contribution >= 0.6 is 0 Å². The number of aliphatic hydroxyl groups is 1. The summed E-state index contributed by atoms with van der Waals surface area (Å²) in [7, 11) is 1.81. The van der Waals surface area contributed by atoms with E-state index in [1.165, 1.54) is 0 Å². The molecule has 1 rings (SSSR count). The molecule has 120 valence electrons. The summed E-state index contributed by atoms with van der Waals surface area (Å²) >= 11 is 0. The molecule has 0 amide bonds. The average molecular weight is 296 g/mol. The lowest BCUT2D eigenvalue weighted by Crippen LogP contribution is -2.25. The molecule has 6 nitrogen and oxygen atoms in total. The SMILES string of the molecule is CCOCc1nc(NC)cc(NCC(O)CC(C)(C)C)n1. The van der Waals surface area contributed by atoms with Crippen LogP contribution in [0.2, 0.25) is 0 Å². The lowest BCUT2D eigenvalue weighted by molar-refractivity contribution is 0.128. The van der Waals surface area contributed by atoms with Gasteiger partial charge in [-0.25, -0.2) is 9.97 Å². The molecule has 3 N–H and O–H groups in total. The van der Waals surface area contributed by atoms with Crippen molar-refractivity contribution in [3.63, 3.8) is 0 Å². The van der Waals surface area contributed by atoms with Crippen LogP contribution < -0.4 is 10.6 Å². The first-order chi connectivity index (χ1) is 9.84. The van der Waals surface area contributed by atoms with Crippen LogP contribution in [0, 0.1) is 5.41 Å². The Morgan fingerprint density at radius 1 is 1.29 bits per heavy atom. The van der Waals surface area contributed by atoms with Gasteiger partial charge in [-0.05, 0) is 18.8 Å². The highest BCUT2D eigenvalue weighted by molar-refractivity contribution is 5.47. The van der Waals surface area contributed by atoms with Gasteiger partial charge in [-0.3, -0.25) is 0 Å². The zero-order chi connectivity index (χ0) is 15.9. The second-order valence-corrected chi connectivity index (χ2v) is 6.24. The Kier molecular flexibility index (Phi) is 6.84. The molecule has 6 heteroatoms. The molecule has 0 bridgehead atoms. The second-order valence-electron chi connectivity index (χ2n) is 6.24. The van der Waals surface area contributed by atoms with Gasteiger partial charge in [0.25, 0.3) is 0 Å². The van der Waals surface area contributed by atoms with E-state index in [9.17, 15) is 5.11 Å². The van der Waals surface area contributed by atoms with Crippen LogP contribution in [-0.4, -0.2) is 41.4 Å². The summed E-state index contributed by atoms with van der Waals surface area (Å²) < 4.78 is 5.34. The molecule has 0 radical (unpaired) electrons. The Balaban J connectivity index is 2.64. The van der Waals surface area contributed by atoms with Crippen molar-refractivity contribution < 1.29 is 9.84 Å². The minimum atomic E-state index is -0.409. The molecule has 0 saturated carbocycles. The fraction of sp³-hybridized carbons (Fsp3) is 0.733. The lowest BCUT2D eigenvalue weighted by Gasteiger charge is -2.22. The number of rotatable bonds is 8. The zero-order valence-electron chi connectivity index (χ0n) is 13.7. The minimum absolute atomic E-state index is 0.100. The Morgan fingerprint density at radius 2 is 1.95 bits per heavy atom. The molecule has 0 saturated heterocycles. The van der Waals surface area contributed by atoms with Crippen molar-refractivity contribution >= 4 is 11.6 Å². The van der Waals surface area contributed by atoms with E-state index in [0.29, 0.717) is 31.4 Å². The maximum absolute atomic E-state index is 10.0. The van der Waals surface area contributed by atoms with E-state index >= 15 is 0 Å². The summed E-state index contributed by atoms with van der Waals surface area (Å²) in [6, 6.07) is 1.82. The largest absolute Gasteiger partial charge is 0.391 e. The molecule has 1 aromatic rings. The van der Waals surface area contributed by atoms with Gasteiger partial charge in [0, 0.05) is 26.3 Å². The van der Waals surface area contributed by atoms with Gasteiger partial charge in [0.1, 0.15) is 18.2 Å². The molecule has 0 aromatic carbocycles. The predicted molar refractivity (Wildman–Crippen MR) is 85.5 cm³/mol. The number of nitrogens with one attached hydrogen (secondary N) is 2. The molecule has 1 aromatic heterocycles. The fourth-order valence-corrected chi connectivity index (χ4v) is 1.98. The standard InChI is InChI=1S/C15H28N4O2/c1-6-21-10-14-18-12(16-5)7-13(19-14)17-9-11(20)8-15(2,3)4/h7,11,20H,6,8-10H2,1-5H3,(H2,16,17,18,19). The molecule has 0 fully saturated rings. The number of aliphatic hydroxyl groups excluding tert-OH is 1. The summed E-state index contributed by atoms with van der Waals surface area (Å²) in [5.41, 5.74) is 0.100. The zero-order valence-corrected chi connectivity index (χ0v) is 13.7. The third-order valence-corrected chi connectivity index (χ3v) is 2.83. The predicted octanol–water partition coefficient (Wildman–Crippen LogP) is 2.26. The van der Waals surface area contributed by atoms with Crippen LogP contribution in [0.5, 0.6) is 0 Å². The van der Waals surface area contributed by atoms with E-state index in [0.717, 1.165) is 12.2 Å². The minimum Gasteiger partial charge on any atom is -0.391 e. The van der Waals surface area contributed by atoms with Crippen molar-refractivity contribution in [2.24, 2.45) is 5.41 Å². The normalized spacial score (nSPS) is 13.0. The highest BCUT2D eigenvalue weighted by Crippen LogP contribution is 2.21. The number of nitrogens with zero attached hydrogens (tertiary/aromatic N) is 2. The molecular weight excluding hydrogens is 268 g/mol. The van der Waals surface area contributed by atoms with E-state index in [1.807, 2.05) is 20.0 Å². The van der Waals surface area contributed by atoms with Crippen molar-refractivity contribution in [2.75, 3.05) is 30.8 Å². The molecular formula is C15H28N4O2. The molecule has 0 aliphatic carbocycles. The first-order valence-electron chi connectivity index (χ1n) is 7.39. The summed E-state index contributed by atoms with van der Waals surface area (Å²) in [5, 5.41) is 16.2. The Bertz CT molecular complexity index is 432. The maximum atomic E-state index is 10.0. The lowest BCUT2D eigenvalue weighted by atomic mass is 9.89. The number of hydrogen-bond donors (Lipinski definition) is 3. The molecule has 21 heavy (non-hydrogen) atoms. The summed E-state index contributed by atoms with van der Waals surface area (Å²) in [6.45, 7) is 9.74. The molecule has 1 heterocycles. The Morgan fingerprint density at radius 3 is 2.52 bits per heavy atom. The van der Waals surface area contributed by atoms with E-state index < -0.39 is 6.10 Å². The second kappa shape index (κ2) is 8.14. The van der Waals surface area contributed by atoms with E-state index in [2.05, 4.69) is 41.4 Å². The van der Waals surface area contributed by atoms with Gasteiger partial charge < -0.3 is 20.5 Å². The Labute approximate surface area is 127 Å². The van der Waals surface area contributed by atoms with Gasteiger partial charge in [0.05, 0.1) is 6.10 Å². The third-order valence-electron chi connectivity index (χ3n) is 2.83. The highest BCUT2D eigenvalue weighted by atomic mass is 16.5. The first-order valence-corrected chi connectivity index (χ1v) is 7.39. The van der Waals surface area contributed by atoms with Gasteiger partial charge in [0.15, 0.2) is 5.82 Å². The summed E-state index contributed by atoms with van der Waals surface area (Å²) in [6.07, 6.45) is 0.323. The summed E-state index contributed by atoms with van der Waals surface area (Å²) in [4.78, 5) is 8.72. The van der Waals surface area contributed by atoms with Crippen LogP contribution in [0.25, 0.3) is 0 Å². The quantitative estimate of drug-likeness (QED) is 0.683. The van der Waals surface area contributed by atoms with Crippen LogP contribution in [-0.2, 0) is 11.3 Å². The fourth-order valence-electron chi connectivity index (χ4n) is 1.98. The van der Waals surface area contributed by atoms with Gasteiger partial charge in [-0.15, -0.1) is 0 Å². The molecule has 0 aliphatic heterocycles. The van der Waals surface area contributed by atoms with Crippen LogP contribution in [0.4, 0.5) is 11.6 Å². The van der Waals surface area contributed by atoms with E-state index in [4.69, 9.17) is 4.74 Å². The molecule has 1 atom stereocenters. The van der Waals surface area contributed by atoms with Crippen molar-refractivity contribution in [1.29, 1.82) is 0 Å². The van der Waals surface area contributed by atoms with Crippen LogP contribution in [0.15, 0.2) is 6.07 Å². The van der Waals surface area contributed by atoms with Crippen molar-refractivity contribution in [2.45, 2.75) is 46.8 Å². The van der Waals surface area contributed by atoms with E-state index in [-0.39, 0.29) is 5.41 Å². The number of aromatic nitrogens is 2. The summed E-state index contributed by atoms with van der Waals surface area (Å²) in [5.74, 6) is 2.04. The monoisotopic (exact) mass is 296 g/mol. The van der Waals surface area contributed by atoms with Gasteiger partial charge in [-0.1, -0.05) is 20.8 Å². The smallest absolute Gasteiger partial charge is 0.158 e. The third kappa shape index (κ3) is 7.24. The van der Waals surface area contributed by atoms with Gasteiger partial charge in [-0.2, -0.15) is 0 Å². The topological polar surface area (TPSA) is 79.3 Å². The number of anilines is 2.